The fraction of sp³-hybridized carbons (Fsp3) is 0.292. The van der Waals surface area contributed by atoms with E-state index in [1.54, 1.807) is 43.3 Å². The molecule has 1 atom stereocenters. The number of rotatable bonds is 8. The van der Waals surface area contributed by atoms with E-state index in [2.05, 4.69) is 16.0 Å². The molecule has 2 aromatic carbocycles. The van der Waals surface area contributed by atoms with E-state index < -0.39 is 12.0 Å². The number of allylic oxidation sites excluding steroid dienone is 1. The molecule has 0 fully saturated rings. The summed E-state index contributed by atoms with van der Waals surface area (Å²) in [7, 11) is 0. The molecule has 2 aromatic rings. The molecule has 1 unspecified atom stereocenters. The largest absolute Gasteiger partial charge is 0.484 e. The molecule has 32 heavy (non-hydrogen) atoms. The number of amides is 3. The molecular formula is C24H27N3O5. The fourth-order valence-electron chi connectivity index (χ4n) is 3.35. The Morgan fingerprint density at radius 2 is 1.75 bits per heavy atom. The summed E-state index contributed by atoms with van der Waals surface area (Å²) in [6.07, 6.45) is 0. The van der Waals surface area contributed by atoms with Crippen LogP contribution in [0.1, 0.15) is 32.4 Å². The Balaban J connectivity index is 1.73. The average Bonchev–Trinajstić information content (AvgIpc) is 2.78. The van der Waals surface area contributed by atoms with Gasteiger partial charge in [0.25, 0.3) is 5.91 Å². The third-order valence-electron chi connectivity index (χ3n) is 4.82. The van der Waals surface area contributed by atoms with E-state index in [9.17, 15) is 14.4 Å². The fourth-order valence-corrected chi connectivity index (χ4v) is 3.35. The van der Waals surface area contributed by atoms with Crippen LogP contribution in [-0.4, -0.2) is 31.1 Å². The minimum Gasteiger partial charge on any atom is -0.484 e. The maximum absolute atomic E-state index is 12.7. The van der Waals surface area contributed by atoms with Crippen LogP contribution in [0.2, 0.25) is 0 Å². The van der Waals surface area contributed by atoms with Gasteiger partial charge in [-0.15, -0.1) is 0 Å². The van der Waals surface area contributed by atoms with Crippen molar-refractivity contribution in [2.45, 2.75) is 26.8 Å². The molecule has 1 aliphatic rings. The highest BCUT2D eigenvalue weighted by Gasteiger charge is 2.34. The predicted molar refractivity (Wildman–Crippen MR) is 120 cm³/mol. The van der Waals surface area contributed by atoms with Gasteiger partial charge in [-0.3, -0.25) is 4.79 Å². The lowest BCUT2D eigenvalue weighted by Crippen LogP contribution is -2.47. The second-order valence-electron chi connectivity index (χ2n) is 7.51. The normalized spacial score (nSPS) is 15.6. The van der Waals surface area contributed by atoms with Crippen LogP contribution in [0.15, 0.2) is 65.9 Å². The van der Waals surface area contributed by atoms with Crippen LogP contribution in [0.25, 0.3) is 0 Å². The van der Waals surface area contributed by atoms with Gasteiger partial charge in [0.05, 0.1) is 18.2 Å². The van der Waals surface area contributed by atoms with Crippen LogP contribution < -0.4 is 20.7 Å². The van der Waals surface area contributed by atoms with Crippen molar-refractivity contribution in [2.24, 2.45) is 5.92 Å². The summed E-state index contributed by atoms with van der Waals surface area (Å²) in [5.41, 5.74) is 2.30. The number of nitrogens with one attached hydrogen (secondary N) is 3. The number of ether oxygens (including phenoxy) is 2. The van der Waals surface area contributed by atoms with Gasteiger partial charge in [-0.1, -0.05) is 44.2 Å². The van der Waals surface area contributed by atoms with Crippen LogP contribution in [0, 0.1) is 5.92 Å². The highest BCUT2D eigenvalue weighted by Crippen LogP contribution is 2.31. The molecule has 3 rings (SSSR count). The van der Waals surface area contributed by atoms with Gasteiger partial charge in [0, 0.05) is 11.4 Å². The molecule has 0 saturated heterocycles. The van der Waals surface area contributed by atoms with Crippen molar-refractivity contribution < 1.29 is 23.9 Å². The first kappa shape index (κ1) is 22.9. The van der Waals surface area contributed by atoms with Gasteiger partial charge < -0.3 is 25.4 Å². The number of carbonyl (C=O) groups is 3. The number of hydrogen-bond donors (Lipinski definition) is 3. The van der Waals surface area contributed by atoms with Crippen LogP contribution in [-0.2, 0) is 14.3 Å². The molecule has 3 amide bonds. The van der Waals surface area contributed by atoms with Crippen LogP contribution in [0.4, 0.5) is 10.5 Å². The van der Waals surface area contributed by atoms with Gasteiger partial charge in [-0.25, -0.2) is 9.59 Å². The van der Waals surface area contributed by atoms with Crippen molar-refractivity contribution in [3.05, 3.63) is 71.4 Å². The molecule has 0 bridgehead atoms. The van der Waals surface area contributed by atoms with E-state index in [1.807, 2.05) is 32.0 Å². The Hall–Kier alpha value is -3.81. The zero-order valence-electron chi connectivity index (χ0n) is 18.3. The van der Waals surface area contributed by atoms with Gasteiger partial charge >= 0.3 is 12.0 Å². The Labute approximate surface area is 187 Å². The smallest absolute Gasteiger partial charge is 0.338 e. The SMILES string of the molecule is CCOC(=O)C1=C(C(C)C)NC(=O)NC1c1ccc(OCC(=O)Nc2ccccc2)cc1. The number of esters is 1. The number of benzene rings is 2. The minimum atomic E-state index is -0.657. The molecular weight excluding hydrogens is 410 g/mol. The number of urea groups is 1. The topological polar surface area (TPSA) is 106 Å². The number of carbonyl (C=O) groups excluding carboxylic acids is 3. The molecule has 1 aliphatic heterocycles. The summed E-state index contributed by atoms with van der Waals surface area (Å²) in [5.74, 6) is -0.344. The van der Waals surface area contributed by atoms with Crippen molar-refractivity contribution >= 4 is 23.6 Å². The Kier molecular flexibility index (Phi) is 7.49. The van der Waals surface area contributed by atoms with Crippen molar-refractivity contribution in [3.8, 4) is 5.75 Å². The second-order valence-corrected chi connectivity index (χ2v) is 7.51. The van der Waals surface area contributed by atoms with E-state index in [0.29, 0.717) is 28.3 Å². The monoisotopic (exact) mass is 437 g/mol. The summed E-state index contributed by atoms with van der Waals surface area (Å²) in [4.78, 5) is 36.9. The molecule has 0 aromatic heterocycles. The molecule has 168 valence electrons. The third-order valence-corrected chi connectivity index (χ3v) is 4.82. The van der Waals surface area contributed by atoms with Gasteiger partial charge in [0.2, 0.25) is 0 Å². The van der Waals surface area contributed by atoms with Crippen molar-refractivity contribution in [3.63, 3.8) is 0 Å². The van der Waals surface area contributed by atoms with E-state index in [4.69, 9.17) is 9.47 Å². The standard InChI is InChI=1S/C24H27N3O5/c1-4-31-23(29)20-21(15(2)3)26-24(30)27-22(20)16-10-12-18(13-11-16)32-14-19(28)25-17-8-6-5-7-9-17/h5-13,15,22H,4,14H2,1-3H3,(H,25,28)(H2,26,27,30). The van der Waals surface area contributed by atoms with E-state index >= 15 is 0 Å². The molecule has 8 nitrogen and oxygen atoms in total. The summed E-state index contributed by atoms with van der Waals surface area (Å²) in [6, 6.07) is 15.0. The average molecular weight is 437 g/mol. The van der Waals surface area contributed by atoms with Crippen molar-refractivity contribution in [2.75, 3.05) is 18.5 Å². The predicted octanol–water partition coefficient (Wildman–Crippen LogP) is 3.53. The number of para-hydroxylation sites is 1. The lowest BCUT2D eigenvalue weighted by Gasteiger charge is -2.31. The lowest BCUT2D eigenvalue weighted by molar-refractivity contribution is -0.139. The van der Waals surface area contributed by atoms with Crippen molar-refractivity contribution in [1.82, 2.24) is 10.6 Å². The molecule has 0 aliphatic carbocycles. The van der Waals surface area contributed by atoms with E-state index in [-0.39, 0.29) is 31.1 Å². The zero-order chi connectivity index (χ0) is 23.1. The summed E-state index contributed by atoms with van der Waals surface area (Å²) in [5, 5.41) is 8.27. The van der Waals surface area contributed by atoms with Gasteiger partial charge in [-0.05, 0) is 42.7 Å². The summed E-state index contributed by atoms with van der Waals surface area (Å²) in [6.45, 7) is 5.61. The van der Waals surface area contributed by atoms with E-state index in [1.165, 1.54) is 0 Å². The van der Waals surface area contributed by atoms with Crippen LogP contribution in [0.3, 0.4) is 0 Å². The maximum Gasteiger partial charge on any atom is 0.338 e. The van der Waals surface area contributed by atoms with Gasteiger partial charge in [-0.2, -0.15) is 0 Å². The molecule has 3 N–H and O–H groups in total. The summed E-state index contributed by atoms with van der Waals surface area (Å²) < 4.78 is 10.8. The molecule has 0 saturated carbocycles. The van der Waals surface area contributed by atoms with Crippen molar-refractivity contribution in [1.29, 1.82) is 0 Å². The maximum atomic E-state index is 12.7. The highest BCUT2D eigenvalue weighted by atomic mass is 16.5. The minimum absolute atomic E-state index is 0.0753. The molecule has 0 radical (unpaired) electrons. The Morgan fingerprint density at radius 1 is 1.06 bits per heavy atom. The first-order valence-electron chi connectivity index (χ1n) is 10.5. The molecule has 1 heterocycles. The Bertz CT molecular complexity index is 1000. The zero-order valence-corrected chi connectivity index (χ0v) is 18.3. The van der Waals surface area contributed by atoms with Crippen LogP contribution in [0.5, 0.6) is 5.75 Å². The quantitative estimate of drug-likeness (QED) is 0.548. The second kappa shape index (κ2) is 10.5. The molecule has 0 spiro atoms. The van der Waals surface area contributed by atoms with Gasteiger partial charge in [0.1, 0.15) is 5.75 Å². The first-order valence-corrected chi connectivity index (χ1v) is 10.5. The molecule has 8 heteroatoms. The number of anilines is 1. The number of hydrogen-bond acceptors (Lipinski definition) is 5. The van der Waals surface area contributed by atoms with E-state index in [0.717, 1.165) is 0 Å². The lowest BCUT2D eigenvalue weighted by atomic mass is 9.91. The first-order chi connectivity index (χ1) is 15.4. The van der Waals surface area contributed by atoms with Gasteiger partial charge in [0.15, 0.2) is 6.61 Å². The van der Waals surface area contributed by atoms with Crippen LogP contribution >= 0.6 is 0 Å². The summed E-state index contributed by atoms with van der Waals surface area (Å²) >= 11 is 0. The Morgan fingerprint density at radius 3 is 2.38 bits per heavy atom. The highest BCUT2D eigenvalue weighted by molar-refractivity contribution is 5.95. The third kappa shape index (κ3) is 5.66.